The Morgan fingerprint density at radius 3 is 2.61 bits per heavy atom. The van der Waals surface area contributed by atoms with Crippen molar-refractivity contribution in [1.82, 2.24) is 5.32 Å². The Morgan fingerprint density at radius 1 is 1.39 bits per heavy atom. The van der Waals surface area contributed by atoms with Gasteiger partial charge in [-0.1, -0.05) is 19.1 Å². The van der Waals surface area contributed by atoms with E-state index in [4.69, 9.17) is 5.73 Å². The van der Waals surface area contributed by atoms with Crippen LogP contribution in [0.4, 0.5) is 0 Å². The quantitative estimate of drug-likeness (QED) is 0.710. The highest BCUT2D eigenvalue weighted by Crippen LogP contribution is 2.06. The van der Waals surface area contributed by atoms with Gasteiger partial charge in [-0.15, -0.1) is 0 Å². The lowest BCUT2D eigenvalue weighted by molar-refractivity contribution is 0.100. The zero-order chi connectivity index (χ0) is 13.4. The van der Waals surface area contributed by atoms with Crippen molar-refractivity contribution in [3.05, 3.63) is 35.4 Å². The van der Waals surface area contributed by atoms with Crippen molar-refractivity contribution in [2.45, 2.75) is 32.9 Å². The van der Waals surface area contributed by atoms with Gasteiger partial charge in [0.25, 0.3) is 0 Å². The number of thioether (sulfide) groups is 1. The largest absolute Gasteiger partial charge is 0.366 e. The zero-order valence-corrected chi connectivity index (χ0v) is 11.9. The molecule has 1 amide bonds. The first-order valence-electron chi connectivity index (χ1n) is 6.33. The van der Waals surface area contributed by atoms with Crippen LogP contribution in [0.15, 0.2) is 24.3 Å². The smallest absolute Gasteiger partial charge is 0.248 e. The first-order chi connectivity index (χ1) is 8.63. The average Bonchev–Trinajstić information content (AvgIpc) is 2.37. The van der Waals surface area contributed by atoms with E-state index in [0.29, 0.717) is 11.6 Å². The minimum Gasteiger partial charge on any atom is -0.366 e. The molecule has 0 aliphatic rings. The lowest BCUT2D eigenvalue weighted by Gasteiger charge is -2.13. The molecule has 0 saturated carbocycles. The molecular weight excluding hydrogens is 244 g/mol. The van der Waals surface area contributed by atoms with E-state index in [1.165, 1.54) is 23.5 Å². The van der Waals surface area contributed by atoms with E-state index >= 15 is 0 Å². The molecular formula is C14H22N2OS. The van der Waals surface area contributed by atoms with E-state index in [2.05, 4.69) is 19.2 Å². The molecule has 0 heterocycles. The van der Waals surface area contributed by atoms with Gasteiger partial charge in [0.05, 0.1) is 0 Å². The Balaban J connectivity index is 2.32. The fourth-order valence-electron chi connectivity index (χ4n) is 1.59. The highest BCUT2D eigenvalue weighted by Gasteiger charge is 2.03. The van der Waals surface area contributed by atoms with Gasteiger partial charge in [0.15, 0.2) is 0 Å². The molecule has 18 heavy (non-hydrogen) atoms. The number of nitrogens with one attached hydrogen (secondary N) is 1. The predicted molar refractivity (Wildman–Crippen MR) is 78.9 cm³/mol. The number of rotatable bonds is 8. The first-order valence-corrected chi connectivity index (χ1v) is 7.48. The number of hydrogen-bond acceptors (Lipinski definition) is 3. The fraction of sp³-hybridized carbons (Fsp3) is 0.500. The van der Waals surface area contributed by atoms with Crippen molar-refractivity contribution < 1.29 is 4.79 Å². The van der Waals surface area contributed by atoms with Crippen LogP contribution in [0, 0.1) is 0 Å². The number of hydrogen-bond donors (Lipinski definition) is 2. The number of nitrogens with two attached hydrogens (primary N) is 1. The molecule has 1 unspecified atom stereocenters. The maximum Gasteiger partial charge on any atom is 0.248 e. The minimum absolute atomic E-state index is 0.375. The van der Waals surface area contributed by atoms with Crippen molar-refractivity contribution >= 4 is 17.7 Å². The molecule has 0 aliphatic carbocycles. The van der Waals surface area contributed by atoms with Crippen LogP contribution in [-0.2, 0) is 6.54 Å². The fourth-order valence-corrected chi connectivity index (χ4v) is 2.39. The highest BCUT2D eigenvalue weighted by molar-refractivity contribution is 7.99. The summed E-state index contributed by atoms with van der Waals surface area (Å²) in [6, 6.07) is 7.95. The monoisotopic (exact) mass is 266 g/mol. The molecule has 1 aromatic carbocycles. The first kappa shape index (κ1) is 15.1. The molecule has 0 aromatic heterocycles. The summed E-state index contributed by atoms with van der Waals surface area (Å²) in [5.41, 5.74) is 6.93. The SMILES string of the molecule is CCSCCC(C)NCc1ccc(C(N)=O)cc1. The number of primary amides is 1. The Kier molecular flexibility index (Phi) is 6.83. The Hall–Kier alpha value is -1.00. The summed E-state index contributed by atoms with van der Waals surface area (Å²) in [6.45, 7) is 5.22. The molecule has 0 saturated heterocycles. The summed E-state index contributed by atoms with van der Waals surface area (Å²) >= 11 is 1.97. The van der Waals surface area contributed by atoms with Crippen LogP contribution in [0.1, 0.15) is 36.2 Å². The van der Waals surface area contributed by atoms with Gasteiger partial charge in [0, 0.05) is 18.2 Å². The van der Waals surface area contributed by atoms with Crippen molar-refractivity contribution in [3.8, 4) is 0 Å². The highest BCUT2D eigenvalue weighted by atomic mass is 32.2. The third-order valence-electron chi connectivity index (χ3n) is 2.79. The van der Waals surface area contributed by atoms with Crippen LogP contribution in [0.5, 0.6) is 0 Å². The predicted octanol–water partition coefficient (Wildman–Crippen LogP) is 2.41. The summed E-state index contributed by atoms with van der Waals surface area (Å²) in [5.74, 6) is 2.01. The average molecular weight is 266 g/mol. The molecule has 0 spiro atoms. The van der Waals surface area contributed by atoms with Gasteiger partial charge in [-0.3, -0.25) is 4.79 Å². The summed E-state index contributed by atoms with van der Waals surface area (Å²) in [7, 11) is 0. The number of carbonyl (C=O) groups excluding carboxylic acids is 1. The summed E-state index contributed by atoms with van der Waals surface area (Å²) < 4.78 is 0. The van der Waals surface area contributed by atoms with Crippen LogP contribution in [-0.4, -0.2) is 23.5 Å². The summed E-state index contributed by atoms with van der Waals surface area (Å²) in [4.78, 5) is 10.9. The molecule has 3 nitrogen and oxygen atoms in total. The van der Waals surface area contributed by atoms with Crippen molar-refractivity contribution in [2.24, 2.45) is 5.73 Å². The Labute approximate surface area is 114 Å². The lowest BCUT2D eigenvalue weighted by Crippen LogP contribution is -2.26. The van der Waals surface area contributed by atoms with E-state index in [1.807, 2.05) is 23.9 Å². The van der Waals surface area contributed by atoms with Gasteiger partial charge < -0.3 is 11.1 Å². The molecule has 0 radical (unpaired) electrons. The number of amides is 1. The zero-order valence-electron chi connectivity index (χ0n) is 11.1. The van der Waals surface area contributed by atoms with Crippen LogP contribution in [0.25, 0.3) is 0 Å². The third-order valence-corrected chi connectivity index (χ3v) is 3.73. The molecule has 1 aromatic rings. The molecule has 4 heteroatoms. The van der Waals surface area contributed by atoms with Crippen LogP contribution >= 0.6 is 11.8 Å². The minimum atomic E-state index is -0.375. The second-order valence-electron chi connectivity index (χ2n) is 4.33. The van der Waals surface area contributed by atoms with Gasteiger partial charge in [0.2, 0.25) is 5.91 Å². The van der Waals surface area contributed by atoms with E-state index < -0.39 is 0 Å². The van der Waals surface area contributed by atoms with Crippen molar-refractivity contribution in [2.75, 3.05) is 11.5 Å². The van der Waals surface area contributed by atoms with Gasteiger partial charge >= 0.3 is 0 Å². The maximum atomic E-state index is 10.9. The molecule has 3 N–H and O–H groups in total. The molecule has 1 atom stereocenters. The van der Waals surface area contributed by atoms with Gasteiger partial charge in [-0.25, -0.2) is 0 Å². The normalized spacial score (nSPS) is 12.3. The second kappa shape index (κ2) is 8.16. The van der Waals surface area contributed by atoms with Crippen LogP contribution in [0.2, 0.25) is 0 Å². The van der Waals surface area contributed by atoms with Gasteiger partial charge in [-0.2, -0.15) is 11.8 Å². The van der Waals surface area contributed by atoms with Crippen LogP contribution in [0.3, 0.4) is 0 Å². The summed E-state index contributed by atoms with van der Waals surface area (Å²) in [6.07, 6.45) is 1.18. The molecule has 0 aliphatic heterocycles. The van der Waals surface area contributed by atoms with Gasteiger partial charge in [0.1, 0.15) is 0 Å². The van der Waals surface area contributed by atoms with E-state index in [9.17, 15) is 4.79 Å². The molecule has 100 valence electrons. The lowest BCUT2D eigenvalue weighted by atomic mass is 10.1. The van der Waals surface area contributed by atoms with E-state index in [-0.39, 0.29) is 5.91 Å². The second-order valence-corrected chi connectivity index (χ2v) is 5.72. The van der Waals surface area contributed by atoms with Crippen LogP contribution < -0.4 is 11.1 Å². The summed E-state index contributed by atoms with van der Waals surface area (Å²) in [5, 5.41) is 3.48. The molecule has 0 fully saturated rings. The maximum absolute atomic E-state index is 10.9. The Morgan fingerprint density at radius 2 is 2.06 bits per heavy atom. The number of benzene rings is 1. The van der Waals surface area contributed by atoms with E-state index in [1.54, 1.807) is 12.1 Å². The van der Waals surface area contributed by atoms with Crippen molar-refractivity contribution in [3.63, 3.8) is 0 Å². The number of carbonyl (C=O) groups is 1. The standard InChI is InChI=1S/C14H22N2OS/c1-3-18-9-8-11(2)16-10-12-4-6-13(7-5-12)14(15)17/h4-7,11,16H,3,8-10H2,1-2H3,(H2,15,17). The molecule has 1 rings (SSSR count). The van der Waals surface area contributed by atoms with E-state index in [0.717, 1.165) is 6.54 Å². The Bertz CT molecular complexity index is 365. The van der Waals surface area contributed by atoms with Crippen molar-refractivity contribution in [1.29, 1.82) is 0 Å². The topological polar surface area (TPSA) is 55.1 Å². The third kappa shape index (κ3) is 5.56. The molecule has 0 bridgehead atoms. The van der Waals surface area contributed by atoms with Gasteiger partial charge in [-0.05, 0) is 42.5 Å².